The third kappa shape index (κ3) is 3.21. The molecule has 1 aromatic heterocycles. The van der Waals surface area contributed by atoms with E-state index in [0.29, 0.717) is 18.7 Å². The smallest absolute Gasteiger partial charge is 0.321 e. The first-order valence-corrected chi connectivity index (χ1v) is 7.72. The number of thiazole rings is 1. The minimum Gasteiger partial charge on any atom is -0.322 e. The average molecular weight is 305 g/mol. The van der Waals surface area contributed by atoms with Crippen molar-refractivity contribution in [2.75, 3.05) is 18.4 Å². The van der Waals surface area contributed by atoms with Crippen molar-refractivity contribution in [1.82, 2.24) is 9.88 Å². The molecule has 4 nitrogen and oxygen atoms in total. The summed E-state index contributed by atoms with van der Waals surface area (Å²) in [4.78, 5) is 17.9. The summed E-state index contributed by atoms with van der Waals surface area (Å²) in [6.45, 7) is 2.63. The first-order valence-electron chi connectivity index (χ1n) is 6.84. The Hall–Kier alpha value is -1.95. The molecule has 1 aliphatic heterocycles. The number of aromatic nitrogens is 1. The molecule has 110 valence electrons. The summed E-state index contributed by atoms with van der Waals surface area (Å²) in [7, 11) is 0. The predicted octanol–water partition coefficient (Wildman–Crippen LogP) is 3.69. The molecule has 1 aromatic carbocycles. The zero-order valence-electron chi connectivity index (χ0n) is 11.7. The van der Waals surface area contributed by atoms with Crippen LogP contribution in [0.15, 0.2) is 29.6 Å². The summed E-state index contributed by atoms with van der Waals surface area (Å²) in [6.07, 6.45) is -0.471. The number of benzene rings is 1. The second-order valence-corrected chi connectivity index (χ2v) is 6.15. The van der Waals surface area contributed by atoms with Gasteiger partial charge in [-0.3, -0.25) is 0 Å². The topological polar surface area (TPSA) is 45.2 Å². The van der Waals surface area contributed by atoms with Crippen molar-refractivity contribution in [1.29, 1.82) is 0 Å². The molecule has 3 rings (SSSR count). The minimum absolute atomic E-state index is 0.183. The molecule has 1 atom stereocenters. The number of nitrogens with zero attached hydrogens (tertiary/aromatic N) is 2. The van der Waals surface area contributed by atoms with Crippen molar-refractivity contribution >= 4 is 23.1 Å². The summed E-state index contributed by atoms with van der Waals surface area (Å²) in [6, 6.07) is 7.28. The van der Waals surface area contributed by atoms with E-state index in [1.54, 1.807) is 11.3 Å². The quantitative estimate of drug-likeness (QED) is 0.919. The molecule has 6 heteroatoms. The molecule has 2 heterocycles. The Morgan fingerprint density at radius 3 is 2.76 bits per heavy atom. The van der Waals surface area contributed by atoms with E-state index < -0.39 is 6.17 Å². The van der Waals surface area contributed by atoms with Crippen LogP contribution >= 0.6 is 11.3 Å². The monoisotopic (exact) mass is 305 g/mol. The number of carbonyl (C=O) groups excluding carboxylic acids is 1. The van der Waals surface area contributed by atoms with Crippen LogP contribution in [-0.2, 0) is 0 Å². The molecular weight excluding hydrogens is 289 g/mol. The Balaban J connectivity index is 1.66. The predicted molar refractivity (Wildman–Crippen MR) is 82.4 cm³/mol. The molecular formula is C15H16FN3OS. The number of amides is 2. The number of likely N-dealkylation sites (tertiary alicyclic amines) is 1. The lowest BCUT2D eigenvalue weighted by Gasteiger charge is -2.16. The SMILES string of the molecule is Cc1nc(-c2ccc(NC(=O)N3CC[C@@H](F)C3)cc2)cs1. The minimum atomic E-state index is -0.897. The molecule has 1 N–H and O–H groups in total. The fourth-order valence-electron chi connectivity index (χ4n) is 2.32. The van der Waals surface area contributed by atoms with Crippen molar-refractivity contribution in [3.63, 3.8) is 0 Å². The standard InChI is InChI=1S/C15H16FN3OS/c1-10-17-14(9-21-10)11-2-4-13(5-3-11)18-15(20)19-7-6-12(16)8-19/h2-5,9,12H,6-8H2,1H3,(H,18,20)/t12-/m1/s1. The van der Waals surface area contributed by atoms with Crippen LogP contribution in [0.5, 0.6) is 0 Å². The highest BCUT2D eigenvalue weighted by Gasteiger charge is 2.25. The van der Waals surface area contributed by atoms with E-state index in [2.05, 4.69) is 10.3 Å². The van der Waals surface area contributed by atoms with Crippen LogP contribution in [0.4, 0.5) is 14.9 Å². The van der Waals surface area contributed by atoms with Gasteiger partial charge in [0.25, 0.3) is 0 Å². The van der Waals surface area contributed by atoms with Crippen LogP contribution in [0.25, 0.3) is 11.3 Å². The highest BCUT2D eigenvalue weighted by atomic mass is 32.1. The Kier molecular flexibility index (Phi) is 3.88. The van der Waals surface area contributed by atoms with Gasteiger partial charge in [0.05, 0.1) is 17.2 Å². The molecule has 21 heavy (non-hydrogen) atoms. The van der Waals surface area contributed by atoms with E-state index >= 15 is 0 Å². The second kappa shape index (κ2) is 5.81. The van der Waals surface area contributed by atoms with E-state index in [9.17, 15) is 9.18 Å². The first kappa shape index (κ1) is 14.0. The number of urea groups is 1. The Labute approximate surface area is 126 Å². The summed E-state index contributed by atoms with van der Waals surface area (Å²) >= 11 is 1.61. The van der Waals surface area contributed by atoms with E-state index in [4.69, 9.17) is 0 Å². The maximum atomic E-state index is 13.1. The van der Waals surface area contributed by atoms with Gasteiger partial charge in [-0.05, 0) is 25.5 Å². The Morgan fingerprint density at radius 1 is 1.43 bits per heavy atom. The number of nitrogens with one attached hydrogen (secondary N) is 1. The van der Waals surface area contributed by atoms with Crippen molar-refractivity contribution in [2.24, 2.45) is 0 Å². The lowest BCUT2D eigenvalue weighted by molar-refractivity contribution is 0.218. The highest BCUT2D eigenvalue weighted by Crippen LogP contribution is 2.23. The number of hydrogen-bond donors (Lipinski definition) is 1. The fraction of sp³-hybridized carbons (Fsp3) is 0.333. The van der Waals surface area contributed by atoms with E-state index in [0.717, 1.165) is 16.3 Å². The number of halogens is 1. The van der Waals surface area contributed by atoms with Crippen LogP contribution in [0.2, 0.25) is 0 Å². The first-order chi connectivity index (χ1) is 10.1. The maximum Gasteiger partial charge on any atom is 0.321 e. The molecule has 0 radical (unpaired) electrons. The van der Waals surface area contributed by atoms with Crippen LogP contribution in [0, 0.1) is 6.92 Å². The van der Waals surface area contributed by atoms with E-state index in [-0.39, 0.29) is 12.6 Å². The summed E-state index contributed by atoms with van der Waals surface area (Å²) < 4.78 is 13.1. The van der Waals surface area contributed by atoms with Crippen molar-refractivity contribution in [3.8, 4) is 11.3 Å². The van der Waals surface area contributed by atoms with Gasteiger partial charge < -0.3 is 10.2 Å². The summed E-state index contributed by atoms with van der Waals surface area (Å²) in [5.74, 6) is 0. The van der Waals surface area contributed by atoms with Crippen LogP contribution in [0.3, 0.4) is 0 Å². The van der Waals surface area contributed by atoms with Gasteiger partial charge in [-0.25, -0.2) is 14.2 Å². The normalized spacial score (nSPS) is 18.0. The molecule has 0 bridgehead atoms. The van der Waals surface area contributed by atoms with Gasteiger partial charge in [0.1, 0.15) is 6.17 Å². The van der Waals surface area contributed by atoms with Gasteiger partial charge in [0.2, 0.25) is 0 Å². The van der Waals surface area contributed by atoms with Gasteiger partial charge in [-0.1, -0.05) is 12.1 Å². The van der Waals surface area contributed by atoms with Crippen molar-refractivity contribution in [3.05, 3.63) is 34.7 Å². The molecule has 0 aliphatic carbocycles. The summed E-state index contributed by atoms with van der Waals surface area (Å²) in [5.41, 5.74) is 2.66. The van der Waals surface area contributed by atoms with Gasteiger partial charge >= 0.3 is 6.03 Å². The molecule has 2 aromatic rings. The van der Waals surface area contributed by atoms with Crippen LogP contribution in [-0.4, -0.2) is 35.2 Å². The zero-order valence-corrected chi connectivity index (χ0v) is 12.5. The van der Waals surface area contributed by atoms with Crippen molar-refractivity contribution in [2.45, 2.75) is 19.5 Å². The van der Waals surface area contributed by atoms with Gasteiger partial charge in [-0.15, -0.1) is 11.3 Å². The van der Waals surface area contributed by atoms with Crippen molar-refractivity contribution < 1.29 is 9.18 Å². The average Bonchev–Trinajstić information content (AvgIpc) is 3.08. The fourth-order valence-corrected chi connectivity index (χ4v) is 2.95. The Morgan fingerprint density at radius 2 is 2.19 bits per heavy atom. The number of rotatable bonds is 2. The number of anilines is 1. The zero-order chi connectivity index (χ0) is 14.8. The second-order valence-electron chi connectivity index (χ2n) is 5.09. The third-order valence-electron chi connectivity index (χ3n) is 3.47. The van der Waals surface area contributed by atoms with Gasteiger partial charge in [0, 0.05) is 23.2 Å². The third-order valence-corrected chi connectivity index (χ3v) is 4.24. The number of carbonyl (C=O) groups is 1. The largest absolute Gasteiger partial charge is 0.322 e. The van der Waals surface area contributed by atoms with E-state index in [1.807, 2.05) is 36.6 Å². The number of alkyl halides is 1. The van der Waals surface area contributed by atoms with Gasteiger partial charge in [-0.2, -0.15) is 0 Å². The van der Waals surface area contributed by atoms with Crippen LogP contribution < -0.4 is 5.32 Å². The lowest BCUT2D eigenvalue weighted by atomic mass is 10.1. The van der Waals surface area contributed by atoms with Gasteiger partial charge in [0.15, 0.2) is 0 Å². The number of hydrogen-bond acceptors (Lipinski definition) is 3. The molecule has 1 aliphatic rings. The van der Waals surface area contributed by atoms with Crippen LogP contribution in [0.1, 0.15) is 11.4 Å². The molecule has 0 spiro atoms. The molecule has 1 fully saturated rings. The number of aryl methyl sites for hydroxylation is 1. The lowest BCUT2D eigenvalue weighted by Crippen LogP contribution is -2.33. The van der Waals surface area contributed by atoms with E-state index in [1.165, 1.54) is 4.90 Å². The molecule has 0 unspecified atom stereocenters. The molecule has 1 saturated heterocycles. The molecule has 2 amide bonds. The maximum absolute atomic E-state index is 13.1. The Bertz CT molecular complexity index is 641. The summed E-state index contributed by atoms with van der Waals surface area (Å²) in [5, 5.41) is 5.82. The highest BCUT2D eigenvalue weighted by molar-refractivity contribution is 7.09. The molecule has 0 saturated carbocycles.